The number of carbonyl (C=O) groups excluding carboxylic acids is 3. The molecule has 5 rings (SSSR count). The van der Waals surface area contributed by atoms with Crippen LogP contribution in [0, 0.1) is 0 Å². The molecule has 1 unspecified atom stereocenters. The first kappa shape index (κ1) is 20.2. The standard InChI is InChI=1S/C25H24N4O3/c1-15(2)20-14-28(18-6-4-3-5-7-18)23(26-20)16-8-9-19-17(12-16)13-29(25(19)32)21-10-11-22(30)27-24(21)31/h3-9,12,14-15,21H,10-11,13H2,1-2H3,(H,27,30,31). The molecule has 3 aromatic rings. The Morgan fingerprint density at radius 3 is 2.56 bits per heavy atom. The van der Waals surface area contributed by atoms with Crippen LogP contribution in [0.3, 0.4) is 0 Å². The molecule has 0 spiro atoms. The Kier molecular flexibility index (Phi) is 4.89. The molecule has 3 amide bonds. The molecule has 1 aromatic heterocycles. The zero-order chi connectivity index (χ0) is 22.4. The largest absolute Gasteiger partial charge is 0.322 e. The van der Waals surface area contributed by atoms with Crippen LogP contribution in [-0.2, 0) is 16.1 Å². The van der Waals surface area contributed by atoms with Gasteiger partial charge < -0.3 is 4.90 Å². The van der Waals surface area contributed by atoms with Gasteiger partial charge in [-0.05, 0) is 42.2 Å². The second-order valence-corrected chi connectivity index (χ2v) is 8.62. The van der Waals surface area contributed by atoms with Gasteiger partial charge >= 0.3 is 0 Å². The molecule has 0 aliphatic carbocycles. The number of piperidine rings is 1. The third-order valence-electron chi connectivity index (χ3n) is 6.13. The lowest BCUT2D eigenvalue weighted by molar-refractivity contribution is -0.136. The van der Waals surface area contributed by atoms with Crippen LogP contribution in [0.5, 0.6) is 0 Å². The molecule has 1 saturated heterocycles. The number of hydrogen-bond acceptors (Lipinski definition) is 4. The van der Waals surface area contributed by atoms with Gasteiger partial charge in [0.25, 0.3) is 5.91 Å². The fourth-order valence-electron chi connectivity index (χ4n) is 4.38. The van der Waals surface area contributed by atoms with E-state index in [9.17, 15) is 14.4 Å². The van der Waals surface area contributed by atoms with Gasteiger partial charge in [-0.15, -0.1) is 0 Å². The minimum atomic E-state index is -0.616. The summed E-state index contributed by atoms with van der Waals surface area (Å²) in [5.41, 5.74) is 4.39. The van der Waals surface area contributed by atoms with E-state index in [2.05, 4.69) is 29.9 Å². The molecule has 3 heterocycles. The Bertz CT molecular complexity index is 1230. The lowest BCUT2D eigenvalue weighted by Gasteiger charge is -2.29. The van der Waals surface area contributed by atoms with Gasteiger partial charge in [-0.3, -0.25) is 24.3 Å². The molecule has 7 nitrogen and oxygen atoms in total. The maximum Gasteiger partial charge on any atom is 0.255 e. The lowest BCUT2D eigenvalue weighted by atomic mass is 10.0. The number of nitrogens with one attached hydrogen (secondary N) is 1. The van der Waals surface area contributed by atoms with Crippen molar-refractivity contribution < 1.29 is 14.4 Å². The second kappa shape index (κ2) is 7.75. The summed E-state index contributed by atoms with van der Waals surface area (Å²) in [6.45, 7) is 4.57. The van der Waals surface area contributed by atoms with Crippen molar-refractivity contribution in [2.75, 3.05) is 0 Å². The molecule has 1 N–H and O–H groups in total. The average molecular weight is 428 g/mol. The van der Waals surface area contributed by atoms with Gasteiger partial charge in [0.15, 0.2) is 0 Å². The topological polar surface area (TPSA) is 84.3 Å². The van der Waals surface area contributed by atoms with Crippen molar-refractivity contribution >= 4 is 17.7 Å². The zero-order valence-corrected chi connectivity index (χ0v) is 18.0. The normalized spacial score (nSPS) is 18.3. The van der Waals surface area contributed by atoms with Gasteiger partial charge in [-0.1, -0.05) is 38.1 Å². The summed E-state index contributed by atoms with van der Waals surface area (Å²) in [5.74, 6) is 0.234. The summed E-state index contributed by atoms with van der Waals surface area (Å²) >= 11 is 0. The van der Waals surface area contributed by atoms with E-state index < -0.39 is 11.9 Å². The third-order valence-corrected chi connectivity index (χ3v) is 6.13. The number of amides is 3. The number of rotatable bonds is 4. The minimum absolute atomic E-state index is 0.171. The van der Waals surface area contributed by atoms with E-state index in [1.54, 1.807) is 4.90 Å². The molecular formula is C25H24N4O3. The summed E-state index contributed by atoms with van der Waals surface area (Å²) in [6, 6.07) is 15.2. The predicted octanol–water partition coefficient (Wildman–Crippen LogP) is 3.42. The molecule has 1 atom stereocenters. The highest BCUT2D eigenvalue weighted by molar-refractivity contribution is 6.05. The van der Waals surface area contributed by atoms with E-state index in [0.717, 1.165) is 28.3 Å². The molecule has 0 radical (unpaired) electrons. The summed E-state index contributed by atoms with van der Waals surface area (Å²) in [4.78, 5) is 43.2. The van der Waals surface area contributed by atoms with Crippen LogP contribution in [0.15, 0.2) is 54.7 Å². The molecule has 0 saturated carbocycles. The van der Waals surface area contributed by atoms with Gasteiger partial charge in [0, 0.05) is 36.0 Å². The van der Waals surface area contributed by atoms with E-state index >= 15 is 0 Å². The van der Waals surface area contributed by atoms with E-state index in [-0.39, 0.29) is 24.2 Å². The van der Waals surface area contributed by atoms with E-state index in [4.69, 9.17) is 4.98 Å². The highest BCUT2D eigenvalue weighted by Crippen LogP contribution is 2.32. The van der Waals surface area contributed by atoms with E-state index in [1.807, 2.05) is 48.5 Å². The highest BCUT2D eigenvalue weighted by atomic mass is 16.2. The molecule has 2 aliphatic heterocycles. The molecule has 7 heteroatoms. The van der Waals surface area contributed by atoms with Crippen LogP contribution in [0.2, 0.25) is 0 Å². The van der Waals surface area contributed by atoms with Crippen molar-refractivity contribution in [2.45, 2.75) is 45.2 Å². The van der Waals surface area contributed by atoms with Gasteiger partial charge in [0.2, 0.25) is 11.8 Å². The van der Waals surface area contributed by atoms with Crippen LogP contribution < -0.4 is 5.32 Å². The molecule has 162 valence electrons. The van der Waals surface area contributed by atoms with Crippen molar-refractivity contribution in [3.8, 4) is 17.1 Å². The van der Waals surface area contributed by atoms with Crippen molar-refractivity contribution in [1.82, 2.24) is 19.8 Å². The minimum Gasteiger partial charge on any atom is -0.322 e. The SMILES string of the molecule is CC(C)c1cn(-c2ccccc2)c(-c2ccc3c(c2)CN(C2CCC(=O)NC2=O)C3=O)n1. The Morgan fingerprint density at radius 1 is 1.06 bits per heavy atom. The number of imidazole rings is 1. The molecule has 2 aliphatic rings. The lowest BCUT2D eigenvalue weighted by Crippen LogP contribution is -2.52. The Balaban J connectivity index is 1.51. The summed E-state index contributed by atoms with van der Waals surface area (Å²) in [7, 11) is 0. The number of para-hydroxylation sites is 1. The first-order valence-corrected chi connectivity index (χ1v) is 10.8. The summed E-state index contributed by atoms with van der Waals surface area (Å²) < 4.78 is 2.08. The van der Waals surface area contributed by atoms with Crippen LogP contribution >= 0.6 is 0 Å². The van der Waals surface area contributed by atoms with Crippen molar-refractivity contribution in [2.24, 2.45) is 0 Å². The number of hydrogen-bond donors (Lipinski definition) is 1. The quantitative estimate of drug-likeness (QED) is 0.646. The van der Waals surface area contributed by atoms with Crippen LogP contribution in [-0.4, -0.2) is 38.2 Å². The molecule has 0 bridgehead atoms. The predicted molar refractivity (Wildman–Crippen MR) is 119 cm³/mol. The number of nitrogens with zero attached hydrogens (tertiary/aromatic N) is 3. The third kappa shape index (κ3) is 3.39. The maximum absolute atomic E-state index is 13.0. The van der Waals surface area contributed by atoms with Crippen molar-refractivity contribution in [3.63, 3.8) is 0 Å². The molecule has 2 aromatic carbocycles. The average Bonchev–Trinajstić information content (AvgIpc) is 3.36. The van der Waals surface area contributed by atoms with Gasteiger partial charge in [0.1, 0.15) is 11.9 Å². The monoisotopic (exact) mass is 428 g/mol. The number of benzene rings is 2. The Morgan fingerprint density at radius 2 is 1.84 bits per heavy atom. The summed E-state index contributed by atoms with van der Waals surface area (Å²) in [6.07, 6.45) is 2.66. The fourth-order valence-corrected chi connectivity index (χ4v) is 4.38. The molecular weight excluding hydrogens is 404 g/mol. The van der Waals surface area contributed by atoms with Crippen LogP contribution in [0.25, 0.3) is 17.1 Å². The van der Waals surface area contributed by atoms with Crippen LogP contribution in [0.4, 0.5) is 0 Å². The molecule has 32 heavy (non-hydrogen) atoms. The number of aromatic nitrogens is 2. The van der Waals surface area contributed by atoms with Crippen molar-refractivity contribution in [3.05, 3.63) is 71.5 Å². The Hall–Kier alpha value is -3.74. The van der Waals surface area contributed by atoms with Crippen molar-refractivity contribution in [1.29, 1.82) is 0 Å². The first-order valence-electron chi connectivity index (χ1n) is 10.8. The van der Waals surface area contributed by atoms with Gasteiger partial charge in [-0.25, -0.2) is 4.98 Å². The number of imide groups is 1. The summed E-state index contributed by atoms with van der Waals surface area (Å²) in [5, 5.41) is 2.34. The van der Waals surface area contributed by atoms with Gasteiger partial charge in [-0.2, -0.15) is 0 Å². The van der Waals surface area contributed by atoms with E-state index in [0.29, 0.717) is 18.5 Å². The maximum atomic E-state index is 13.0. The second-order valence-electron chi connectivity index (χ2n) is 8.62. The number of fused-ring (bicyclic) bond motifs is 1. The smallest absolute Gasteiger partial charge is 0.255 e. The van der Waals surface area contributed by atoms with E-state index in [1.165, 1.54) is 0 Å². The zero-order valence-electron chi connectivity index (χ0n) is 18.0. The number of carbonyl (C=O) groups is 3. The highest BCUT2D eigenvalue weighted by Gasteiger charge is 2.39. The molecule has 1 fully saturated rings. The van der Waals surface area contributed by atoms with Gasteiger partial charge in [0.05, 0.1) is 5.69 Å². The first-order chi connectivity index (χ1) is 15.4. The fraction of sp³-hybridized carbons (Fsp3) is 0.280. The Labute approximate surface area is 186 Å². The van der Waals surface area contributed by atoms with Crippen LogP contribution in [0.1, 0.15) is 54.2 Å².